The van der Waals surface area contributed by atoms with Gasteiger partial charge in [-0.25, -0.2) is 0 Å². The minimum absolute atomic E-state index is 0.374. The van der Waals surface area contributed by atoms with Gasteiger partial charge >= 0.3 is 0 Å². The van der Waals surface area contributed by atoms with E-state index in [9.17, 15) is 4.79 Å². The van der Waals surface area contributed by atoms with Crippen molar-refractivity contribution < 1.29 is 9.53 Å². The lowest BCUT2D eigenvalue weighted by molar-refractivity contribution is -0.120. The average Bonchev–Trinajstić information content (AvgIpc) is 2.01. The molecule has 0 aliphatic carbocycles. The molecule has 1 unspecified atom stereocenters. The fourth-order valence-electron chi connectivity index (χ4n) is 1.21. The Labute approximate surface area is 75.3 Å². The second kappa shape index (κ2) is 7.29. The van der Waals surface area contributed by atoms with Crippen LogP contribution in [-0.4, -0.2) is 19.5 Å². The topological polar surface area (TPSA) is 26.3 Å². The molecule has 1 atom stereocenters. The van der Waals surface area contributed by atoms with E-state index < -0.39 is 0 Å². The van der Waals surface area contributed by atoms with Crippen LogP contribution in [0.25, 0.3) is 0 Å². The average molecular weight is 172 g/mol. The fourth-order valence-corrected chi connectivity index (χ4v) is 1.21. The van der Waals surface area contributed by atoms with E-state index in [1.165, 1.54) is 0 Å². The summed E-state index contributed by atoms with van der Waals surface area (Å²) in [5, 5.41) is 0. The number of rotatable bonds is 7. The van der Waals surface area contributed by atoms with Crippen molar-refractivity contribution in [1.82, 2.24) is 0 Å². The summed E-state index contributed by atoms with van der Waals surface area (Å²) in [6.45, 7) is 4.84. The van der Waals surface area contributed by atoms with E-state index in [0.29, 0.717) is 24.7 Å². The smallest absolute Gasteiger partial charge is 0.133 e. The predicted octanol–water partition coefficient (Wildman–Crippen LogP) is 2.42. The van der Waals surface area contributed by atoms with Gasteiger partial charge in [0.05, 0.1) is 0 Å². The van der Waals surface area contributed by atoms with E-state index in [2.05, 4.69) is 6.92 Å². The van der Waals surface area contributed by atoms with Crippen LogP contribution < -0.4 is 0 Å². The molecule has 72 valence electrons. The first-order valence-electron chi connectivity index (χ1n) is 4.71. The Morgan fingerprint density at radius 2 is 2.17 bits per heavy atom. The Morgan fingerprint density at radius 3 is 2.67 bits per heavy atom. The molecule has 0 N–H and O–H groups in total. The van der Waals surface area contributed by atoms with Gasteiger partial charge in [0.15, 0.2) is 0 Å². The maximum Gasteiger partial charge on any atom is 0.133 e. The molecule has 0 rings (SSSR count). The summed E-state index contributed by atoms with van der Waals surface area (Å²) in [5.74, 6) is 0.751. The summed E-state index contributed by atoms with van der Waals surface area (Å²) < 4.78 is 4.96. The van der Waals surface area contributed by atoms with Crippen LogP contribution >= 0.6 is 0 Å². The molecule has 2 heteroatoms. The Hall–Kier alpha value is -0.370. The third kappa shape index (κ3) is 6.35. The van der Waals surface area contributed by atoms with Crippen LogP contribution in [0.15, 0.2) is 0 Å². The molecule has 0 aliphatic heterocycles. The van der Waals surface area contributed by atoms with Gasteiger partial charge in [0, 0.05) is 26.6 Å². The normalized spacial score (nSPS) is 12.9. The zero-order chi connectivity index (χ0) is 9.40. The first-order chi connectivity index (χ1) is 5.70. The van der Waals surface area contributed by atoms with Gasteiger partial charge in [0.25, 0.3) is 0 Å². The SMILES string of the molecule is CCCCC(=O)CC(C)COC. The molecule has 0 spiro atoms. The number of carbonyl (C=O) groups excluding carboxylic acids is 1. The maximum absolute atomic E-state index is 11.2. The van der Waals surface area contributed by atoms with Gasteiger partial charge in [-0.1, -0.05) is 20.3 Å². The van der Waals surface area contributed by atoms with E-state index in [4.69, 9.17) is 4.74 Å². The highest BCUT2D eigenvalue weighted by molar-refractivity contribution is 5.78. The van der Waals surface area contributed by atoms with Crippen LogP contribution in [-0.2, 0) is 9.53 Å². The van der Waals surface area contributed by atoms with Gasteiger partial charge in [-0.15, -0.1) is 0 Å². The Kier molecular flexibility index (Phi) is 7.06. The number of hydrogen-bond donors (Lipinski definition) is 0. The number of hydrogen-bond acceptors (Lipinski definition) is 2. The van der Waals surface area contributed by atoms with Gasteiger partial charge in [-0.2, -0.15) is 0 Å². The maximum atomic E-state index is 11.2. The number of methoxy groups -OCH3 is 1. The number of carbonyl (C=O) groups is 1. The van der Waals surface area contributed by atoms with Gasteiger partial charge in [-0.05, 0) is 12.3 Å². The van der Waals surface area contributed by atoms with E-state index >= 15 is 0 Å². The van der Waals surface area contributed by atoms with Crippen molar-refractivity contribution in [3.05, 3.63) is 0 Å². The molecule has 0 bridgehead atoms. The fraction of sp³-hybridized carbons (Fsp3) is 0.900. The molecular formula is C10H20O2. The highest BCUT2D eigenvalue weighted by Gasteiger charge is 2.07. The summed E-state index contributed by atoms with van der Waals surface area (Å²) >= 11 is 0. The number of Topliss-reactive ketones (excluding diaryl/α,β-unsaturated/α-hetero) is 1. The van der Waals surface area contributed by atoms with Crippen molar-refractivity contribution in [2.75, 3.05) is 13.7 Å². The molecule has 0 aromatic carbocycles. The first kappa shape index (κ1) is 11.6. The predicted molar refractivity (Wildman–Crippen MR) is 50.2 cm³/mol. The van der Waals surface area contributed by atoms with Gasteiger partial charge in [0.1, 0.15) is 5.78 Å². The molecule has 2 nitrogen and oxygen atoms in total. The summed E-state index contributed by atoms with van der Waals surface area (Å²) in [4.78, 5) is 11.2. The van der Waals surface area contributed by atoms with Gasteiger partial charge in [0.2, 0.25) is 0 Å². The Balaban J connectivity index is 3.40. The lowest BCUT2D eigenvalue weighted by Gasteiger charge is -2.08. The standard InChI is InChI=1S/C10H20O2/c1-4-5-6-10(11)7-9(2)8-12-3/h9H,4-8H2,1-3H3. The third-order valence-electron chi connectivity index (χ3n) is 1.84. The molecule has 0 amide bonds. The first-order valence-corrected chi connectivity index (χ1v) is 4.71. The quantitative estimate of drug-likeness (QED) is 0.589. The van der Waals surface area contributed by atoms with Crippen molar-refractivity contribution >= 4 is 5.78 Å². The minimum Gasteiger partial charge on any atom is -0.384 e. The highest BCUT2D eigenvalue weighted by Crippen LogP contribution is 2.06. The van der Waals surface area contributed by atoms with E-state index in [1.54, 1.807) is 7.11 Å². The van der Waals surface area contributed by atoms with Crippen LogP contribution in [0.4, 0.5) is 0 Å². The van der Waals surface area contributed by atoms with E-state index in [-0.39, 0.29) is 0 Å². The summed E-state index contributed by atoms with van der Waals surface area (Å²) in [6, 6.07) is 0. The highest BCUT2D eigenvalue weighted by atomic mass is 16.5. The molecule has 0 saturated carbocycles. The molecule has 0 aromatic rings. The van der Waals surface area contributed by atoms with Crippen molar-refractivity contribution in [2.24, 2.45) is 5.92 Å². The Morgan fingerprint density at radius 1 is 1.50 bits per heavy atom. The lowest BCUT2D eigenvalue weighted by atomic mass is 10.0. The van der Waals surface area contributed by atoms with Crippen molar-refractivity contribution in [3.63, 3.8) is 0 Å². The lowest BCUT2D eigenvalue weighted by Crippen LogP contribution is -2.10. The molecular weight excluding hydrogens is 152 g/mol. The van der Waals surface area contributed by atoms with Crippen LogP contribution in [0.1, 0.15) is 39.5 Å². The second-order valence-electron chi connectivity index (χ2n) is 3.41. The van der Waals surface area contributed by atoms with Crippen molar-refractivity contribution in [3.8, 4) is 0 Å². The molecule has 0 radical (unpaired) electrons. The third-order valence-corrected chi connectivity index (χ3v) is 1.84. The zero-order valence-corrected chi connectivity index (χ0v) is 8.43. The van der Waals surface area contributed by atoms with E-state index in [0.717, 1.165) is 19.3 Å². The molecule has 0 fully saturated rings. The van der Waals surface area contributed by atoms with Crippen molar-refractivity contribution in [2.45, 2.75) is 39.5 Å². The summed E-state index contributed by atoms with van der Waals surface area (Å²) in [7, 11) is 1.67. The van der Waals surface area contributed by atoms with Crippen molar-refractivity contribution in [1.29, 1.82) is 0 Å². The van der Waals surface area contributed by atoms with Crippen LogP contribution in [0, 0.1) is 5.92 Å². The van der Waals surface area contributed by atoms with Gasteiger partial charge in [-0.3, -0.25) is 4.79 Å². The van der Waals surface area contributed by atoms with E-state index in [1.807, 2.05) is 6.92 Å². The molecule has 0 aromatic heterocycles. The summed E-state index contributed by atoms with van der Waals surface area (Å²) in [6.07, 6.45) is 3.54. The molecule has 0 aliphatic rings. The van der Waals surface area contributed by atoms with Crippen LogP contribution in [0.2, 0.25) is 0 Å². The largest absolute Gasteiger partial charge is 0.384 e. The number of ketones is 1. The summed E-state index contributed by atoms with van der Waals surface area (Å²) in [5.41, 5.74) is 0. The minimum atomic E-state index is 0.374. The second-order valence-corrected chi connectivity index (χ2v) is 3.41. The van der Waals surface area contributed by atoms with Crippen LogP contribution in [0.3, 0.4) is 0 Å². The number of ether oxygens (including phenoxy) is 1. The Bertz CT molecular complexity index is 121. The molecule has 0 saturated heterocycles. The number of unbranched alkanes of at least 4 members (excludes halogenated alkanes) is 1. The van der Waals surface area contributed by atoms with Crippen LogP contribution in [0.5, 0.6) is 0 Å². The monoisotopic (exact) mass is 172 g/mol. The molecule has 12 heavy (non-hydrogen) atoms. The molecule has 0 heterocycles. The van der Waals surface area contributed by atoms with Gasteiger partial charge < -0.3 is 4.74 Å². The zero-order valence-electron chi connectivity index (χ0n) is 8.43.